The topological polar surface area (TPSA) is 98.7 Å². The van der Waals surface area contributed by atoms with E-state index in [-0.39, 0.29) is 5.91 Å². The number of nitrogens with one attached hydrogen (secondary N) is 1. The molecular weight excluding hydrogens is 482 g/mol. The highest BCUT2D eigenvalue weighted by Gasteiger charge is 2.22. The molecule has 0 saturated carbocycles. The van der Waals surface area contributed by atoms with Crippen LogP contribution in [0.4, 0.5) is 5.95 Å². The third-order valence-corrected chi connectivity index (χ3v) is 5.79. The number of hydrogen-bond donors (Lipinski definition) is 1. The van der Waals surface area contributed by atoms with Crippen molar-refractivity contribution in [3.8, 4) is 28.8 Å². The van der Waals surface area contributed by atoms with Crippen LogP contribution in [0, 0.1) is 0 Å². The maximum atomic E-state index is 13.3. The van der Waals surface area contributed by atoms with Crippen molar-refractivity contribution in [3.05, 3.63) is 90.1 Å². The molecule has 0 fully saturated rings. The van der Waals surface area contributed by atoms with E-state index < -0.39 is 0 Å². The predicted octanol–water partition coefficient (Wildman–Crippen LogP) is 4.39. The minimum Gasteiger partial charge on any atom is -0.492 e. The van der Waals surface area contributed by atoms with Gasteiger partial charge in [0, 0.05) is 25.4 Å². The van der Waals surface area contributed by atoms with Crippen LogP contribution in [0.15, 0.2) is 79.0 Å². The van der Waals surface area contributed by atoms with Gasteiger partial charge in [0.15, 0.2) is 0 Å². The van der Waals surface area contributed by atoms with Crippen molar-refractivity contribution < 1.29 is 19.0 Å². The Morgan fingerprint density at radius 3 is 2.34 bits per heavy atom. The number of methoxy groups -OCH3 is 2. The van der Waals surface area contributed by atoms with Crippen molar-refractivity contribution in [3.63, 3.8) is 0 Å². The quantitative estimate of drug-likeness (QED) is 0.279. The van der Waals surface area contributed by atoms with Crippen LogP contribution < -0.4 is 24.4 Å². The molecule has 4 aromatic rings. The van der Waals surface area contributed by atoms with Crippen LogP contribution in [0.1, 0.15) is 22.8 Å². The summed E-state index contributed by atoms with van der Waals surface area (Å²) < 4.78 is 16.5. The van der Waals surface area contributed by atoms with Gasteiger partial charge in [0.2, 0.25) is 17.7 Å². The minimum absolute atomic E-state index is 0.293. The van der Waals surface area contributed by atoms with Crippen LogP contribution in [0.3, 0.4) is 0 Å². The van der Waals surface area contributed by atoms with Crippen LogP contribution in [-0.2, 0) is 6.54 Å². The fraction of sp³-hybridized carbons (Fsp3) is 0.241. The number of hydrogen-bond acceptors (Lipinski definition) is 8. The van der Waals surface area contributed by atoms with Crippen molar-refractivity contribution in [1.82, 2.24) is 20.3 Å². The third-order valence-electron chi connectivity index (χ3n) is 5.79. The molecule has 38 heavy (non-hydrogen) atoms. The molecule has 9 nitrogen and oxygen atoms in total. The zero-order valence-corrected chi connectivity index (χ0v) is 21.8. The van der Waals surface area contributed by atoms with Crippen LogP contribution in [0.25, 0.3) is 11.3 Å². The van der Waals surface area contributed by atoms with E-state index in [9.17, 15) is 4.79 Å². The van der Waals surface area contributed by atoms with Gasteiger partial charge >= 0.3 is 0 Å². The molecule has 2 aromatic heterocycles. The fourth-order valence-corrected chi connectivity index (χ4v) is 3.84. The van der Waals surface area contributed by atoms with Crippen molar-refractivity contribution in [1.29, 1.82) is 0 Å². The van der Waals surface area contributed by atoms with Gasteiger partial charge in [-0.3, -0.25) is 4.79 Å². The Morgan fingerprint density at radius 1 is 0.921 bits per heavy atom. The molecule has 2 heterocycles. The number of amides is 1. The van der Waals surface area contributed by atoms with E-state index in [1.807, 2.05) is 60.4 Å². The number of rotatable bonds is 12. The number of pyridine rings is 1. The SMILES string of the molecule is CCN(Cc1ccccc1)c1ncc(C(=O)NCCOc2ccccc2)c(-c2ccc(OC)nc2OC)n1. The lowest BCUT2D eigenvalue weighted by molar-refractivity contribution is 0.0947. The molecule has 0 aliphatic rings. The van der Waals surface area contributed by atoms with E-state index in [1.165, 1.54) is 14.2 Å². The zero-order valence-electron chi connectivity index (χ0n) is 21.8. The fourth-order valence-electron chi connectivity index (χ4n) is 3.84. The van der Waals surface area contributed by atoms with Gasteiger partial charge in [0.1, 0.15) is 12.4 Å². The molecule has 0 bridgehead atoms. The van der Waals surface area contributed by atoms with Gasteiger partial charge in [-0.25, -0.2) is 9.97 Å². The van der Waals surface area contributed by atoms with E-state index in [0.29, 0.717) is 60.8 Å². The summed E-state index contributed by atoms with van der Waals surface area (Å²) >= 11 is 0. The number of benzene rings is 2. The molecule has 0 aliphatic heterocycles. The summed E-state index contributed by atoms with van der Waals surface area (Å²) in [6.45, 7) is 3.96. The van der Waals surface area contributed by atoms with Crippen molar-refractivity contribution in [2.75, 3.05) is 38.8 Å². The highest BCUT2D eigenvalue weighted by atomic mass is 16.5. The molecule has 0 radical (unpaired) electrons. The monoisotopic (exact) mass is 513 g/mol. The van der Waals surface area contributed by atoms with E-state index in [1.54, 1.807) is 18.3 Å². The number of carbonyl (C=O) groups excluding carboxylic acids is 1. The van der Waals surface area contributed by atoms with Crippen LogP contribution >= 0.6 is 0 Å². The normalized spacial score (nSPS) is 10.5. The van der Waals surface area contributed by atoms with Gasteiger partial charge in [-0.1, -0.05) is 48.5 Å². The highest BCUT2D eigenvalue weighted by molar-refractivity contribution is 6.00. The smallest absolute Gasteiger partial charge is 0.255 e. The zero-order chi connectivity index (χ0) is 26.7. The molecule has 1 amide bonds. The summed E-state index contributed by atoms with van der Waals surface area (Å²) in [5.41, 5.74) is 2.39. The minimum atomic E-state index is -0.327. The number of ether oxygens (including phenoxy) is 3. The molecule has 4 rings (SSSR count). The molecule has 0 atom stereocenters. The van der Waals surface area contributed by atoms with E-state index >= 15 is 0 Å². The Balaban J connectivity index is 1.63. The van der Waals surface area contributed by atoms with Crippen molar-refractivity contribution in [2.24, 2.45) is 0 Å². The molecule has 0 spiro atoms. The number of carbonyl (C=O) groups is 1. The Hall–Kier alpha value is -4.66. The number of nitrogens with zero attached hydrogens (tertiary/aromatic N) is 4. The lowest BCUT2D eigenvalue weighted by Crippen LogP contribution is -2.30. The first-order chi connectivity index (χ1) is 18.6. The third kappa shape index (κ3) is 6.56. The van der Waals surface area contributed by atoms with E-state index in [0.717, 1.165) is 11.3 Å². The maximum Gasteiger partial charge on any atom is 0.255 e. The number of aromatic nitrogens is 3. The van der Waals surface area contributed by atoms with Gasteiger partial charge in [-0.05, 0) is 30.7 Å². The second-order valence-electron chi connectivity index (χ2n) is 8.26. The molecule has 0 saturated heterocycles. The Morgan fingerprint density at radius 2 is 1.66 bits per heavy atom. The number of para-hydroxylation sites is 1. The van der Waals surface area contributed by atoms with E-state index in [2.05, 4.69) is 27.4 Å². The van der Waals surface area contributed by atoms with Gasteiger partial charge in [-0.2, -0.15) is 4.98 Å². The highest BCUT2D eigenvalue weighted by Crippen LogP contribution is 2.32. The van der Waals surface area contributed by atoms with Gasteiger partial charge < -0.3 is 24.4 Å². The first-order valence-electron chi connectivity index (χ1n) is 12.3. The van der Waals surface area contributed by atoms with Gasteiger partial charge in [0.25, 0.3) is 5.91 Å². The van der Waals surface area contributed by atoms with Crippen LogP contribution in [-0.4, -0.2) is 54.8 Å². The average molecular weight is 514 g/mol. The molecular formula is C29H31N5O4. The Labute approximate surface area is 222 Å². The predicted molar refractivity (Wildman–Crippen MR) is 146 cm³/mol. The lowest BCUT2D eigenvalue weighted by atomic mass is 10.1. The first kappa shape index (κ1) is 26.4. The van der Waals surface area contributed by atoms with Crippen LogP contribution in [0.2, 0.25) is 0 Å². The second kappa shape index (κ2) is 13.0. The molecule has 1 N–H and O–H groups in total. The number of anilines is 1. The summed E-state index contributed by atoms with van der Waals surface area (Å²) in [4.78, 5) is 29.1. The molecule has 2 aromatic carbocycles. The largest absolute Gasteiger partial charge is 0.492 e. The van der Waals surface area contributed by atoms with Gasteiger partial charge in [-0.15, -0.1) is 0 Å². The molecule has 0 aliphatic carbocycles. The molecule has 0 unspecified atom stereocenters. The standard InChI is InChI=1S/C29H31N5O4/c1-4-34(20-21-11-7-5-8-12-21)29-31-19-24(27(35)30-17-18-38-22-13-9-6-10-14-22)26(33-29)23-15-16-25(36-2)32-28(23)37-3/h5-16,19H,4,17-18,20H2,1-3H3,(H,30,35). The maximum absolute atomic E-state index is 13.3. The summed E-state index contributed by atoms with van der Waals surface area (Å²) in [5, 5.41) is 2.90. The Kier molecular flexibility index (Phi) is 9.07. The summed E-state index contributed by atoms with van der Waals surface area (Å²) in [5.74, 6) is 1.59. The van der Waals surface area contributed by atoms with Crippen molar-refractivity contribution in [2.45, 2.75) is 13.5 Å². The first-order valence-corrected chi connectivity index (χ1v) is 12.3. The molecule has 196 valence electrons. The van der Waals surface area contributed by atoms with Gasteiger partial charge in [0.05, 0.1) is 37.6 Å². The van der Waals surface area contributed by atoms with Crippen molar-refractivity contribution >= 4 is 11.9 Å². The van der Waals surface area contributed by atoms with E-state index in [4.69, 9.17) is 19.2 Å². The second-order valence-corrected chi connectivity index (χ2v) is 8.26. The summed E-state index contributed by atoms with van der Waals surface area (Å²) in [6.07, 6.45) is 1.54. The Bertz CT molecular complexity index is 1340. The summed E-state index contributed by atoms with van der Waals surface area (Å²) in [7, 11) is 3.05. The molecule has 9 heteroatoms. The average Bonchev–Trinajstić information content (AvgIpc) is 2.98. The lowest BCUT2D eigenvalue weighted by Gasteiger charge is -2.22. The summed E-state index contributed by atoms with van der Waals surface area (Å²) in [6, 6.07) is 23.0. The van der Waals surface area contributed by atoms with Crippen LogP contribution in [0.5, 0.6) is 17.5 Å².